The third-order valence-corrected chi connectivity index (χ3v) is 12.8. The normalized spacial score (nSPS) is 16.3. The molecule has 2 heterocycles. The highest BCUT2D eigenvalue weighted by Crippen LogP contribution is 2.41. The Bertz CT molecular complexity index is 2530. The number of nitrogens with zero attached hydrogens (tertiary/aromatic N) is 4. The predicted molar refractivity (Wildman–Crippen MR) is 272 cm³/mol. The number of hydrogen-bond donors (Lipinski definition) is 4. The van der Waals surface area contributed by atoms with E-state index in [9.17, 15) is 29.2 Å². The number of nitriles is 1. The van der Waals surface area contributed by atoms with Gasteiger partial charge in [-0.1, -0.05) is 51.8 Å². The van der Waals surface area contributed by atoms with E-state index in [-0.39, 0.29) is 94.5 Å². The number of hydrogen-bond acceptors (Lipinski definition) is 14. The molecule has 0 fully saturated rings. The van der Waals surface area contributed by atoms with Gasteiger partial charge in [-0.2, -0.15) is 15.2 Å². The average molecular weight is 973 g/mol. The summed E-state index contributed by atoms with van der Waals surface area (Å²) >= 11 is 0. The Morgan fingerprint density at radius 1 is 0.845 bits per heavy atom. The molecule has 0 unspecified atom stereocenters. The molecule has 16 nitrogen and oxygen atoms in total. The van der Waals surface area contributed by atoms with Crippen LogP contribution in [0.2, 0.25) is 0 Å². The molecular weight excluding hydrogens is 901 g/mol. The molecule has 2 amide bonds. The fourth-order valence-corrected chi connectivity index (χ4v) is 9.08. The number of benzene rings is 3. The Kier molecular flexibility index (Phi) is 21.2. The second-order valence-corrected chi connectivity index (χ2v) is 18.4. The Hall–Kier alpha value is -6.54. The van der Waals surface area contributed by atoms with Crippen molar-refractivity contribution in [3.63, 3.8) is 0 Å². The van der Waals surface area contributed by atoms with Crippen molar-refractivity contribution in [1.29, 1.82) is 5.26 Å². The number of rotatable bonds is 24. The van der Waals surface area contributed by atoms with E-state index in [1.54, 1.807) is 51.1 Å². The van der Waals surface area contributed by atoms with Gasteiger partial charge < -0.3 is 41.6 Å². The second kappa shape index (κ2) is 27.2. The van der Waals surface area contributed by atoms with E-state index in [1.165, 1.54) is 23.1 Å². The summed E-state index contributed by atoms with van der Waals surface area (Å²) in [5, 5.41) is 12.1. The highest BCUT2D eigenvalue weighted by atomic mass is 16.5. The fourth-order valence-electron chi connectivity index (χ4n) is 9.08. The second-order valence-electron chi connectivity index (χ2n) is 18.4. The number of aryl methyl sites for hydroxylation is 4. The number of amides is 2. The van der Waals surface area contributed by atoms with Crippen LogP contribution in [0, 0.1) is 37.0 Å². The highest BCUT2D eigenvalue weighted by molar-refractivity contribution is 6.01. The van der Waals surface area contributed by atoms with Gasteiger partial charge in [0, 0.05) is 68.8 Å². The number of carbonyl (C=O) groups is 5. The van der Waals surface area contributed by atoms with Gasteiger partial charge in [0.2, 0.25) is 11.8 Å². The summed E-state index contributed by atoms with van der Waals surface area (Å²) in [6.45, 7) is 10.2. The van der Waals surface area contributed by atoms with Crippen LogP contribution in [0.15, 0.2) is 54.6 Å². The summed E-state index contributed by atoms with van der Waals surface area (Å²) in [6.07, 6.45) is 5.81. The van der Waals surface area contributed by atoms with Crippen molar-refractivity contribution in [2.45, 2.75) is 124 Å². The van der Waals surface area contributed by atoms with Crippen LogP contribution in [0.3, 0.4) is 0 Å². The molecule has 0 aliphatic carbocycles. The van der Waals surface area contributed by atoms with Crippen LogP contribution in [-0.4, -0.2) is 90.0 Å². The van der Waals surface area contributed by atoms with Gasteiger partial charge in [0.1, 0.15) is 36.5 Å². The van der Waals surface area contributed by atoms with E-state index in [1.807, 2.05) is 24.3 Å². The molecule has 0 radical (unpaired) electrons. The van der Waals surface area contributed by atoms with E-state index < -0.39 is 41.5 Å². The van der Waals surface area contributed by atoms with Gasteiger partial charge in [-0.05, 0) is 118 Å². The molecule has 7 N–H and O–H groups in total. The molecule has 1 aliphatic heterocycles. The smallest absolute Gasteiger partial charge is 0.322 e. The minimum atomic E-state index is -1.26. The fraction of sp³-hybridized carbons (Fsp3) is 0.491. The number of unbranched alkanes of at least 4 members (excludes halogenated alkanes) is 2. The molecule has 380 valence electrons. The van der Waals surface area contributed by atoms with E-state index in [2.05, 4.69) is 35.2 Å². The van der Waals surface area contributed by atoms with Crippen molar-refractivity contribution in [2.75, 3.05) is 39.9 Å². The summed E-state index contributed by atoms with van der Waals surface area (Å²) in [6, 6.07) is 16.4. The summed E-state index contributed by atoms with van der Waals surface area (Å²) in [4.78, 5) is 81.9. The van der Waals surface area contributed by atoms with Crippen molar-refractivity contribution >= 4 is 29.2 Å². The number of fused-ring (bicyclic) bond motifs is 5. The number of carbonyl (C=O) groups excluding carboxylic acids is 5. The quantitative estimate of drug-likeness (QED) is 0.0509. The van der Waals surface area contributed by atoms with Gasteiger partial charge in [-0.3, -0.25) is 24.0 Å². The number of ether oxygens (including phenoxy) is 3. The van der Waals surface area contributed by atoms with Crippen molar-refractivity contribution in [2.24, 2.45) is 29.0 Å². The van der Waals surface area contributed by atoms with Crippen LogP contribution in [-0.2, 0) is 38.4 Å². The zero-order valence-electron chi connectivity index (χ0n) is 42.3. The summed E-state index contributed by atoms with van der Waals surface area (Å²) in [5.74, 6) is -2.66. The summed E-state index contributed by atoms with van der Waals surface area (Å²) < 4.78 is 18.5. The van der Waals surface area contributed by atoms with Crippen LogP contribution in [0.5, 0.6) is 23.3 Å². The molecule has 0 saturated carbocycles. The number of likely N-dealkylation sites (N-methyl/N-ethyl adjacent to an activating group) is 1. The molecule has 0 spiro atoms. The van der Waals surface area contributed by atoms with Gasteiger partial charge in [0.25, 0.3) is 0 Å². The van der Waals surface area contributed by atoms with Gasteiger partial charge in [0.15, 0.2) is 17.3 Å². The monoisotopic (exact) mass is 973 g/mol. The highest BCUT2D eigenvalue weighted by Gasteiger charge is 2.36. The summed E-state index contributed by atoms with van der Waals surface area (Å²) in [7, 11) is 1.50. The maximum Gasteiger partial charge on any atom is 0.322 e. The Morgan fingerprint density at radius 2 is 1.48 bits per heavy atom. The molecule has 4 aromatic rings. The van der Waals surface area contributed by atoms with E-state index in [4.69, 9.17) is 31.4 Å². The van der Waals surface area contributed by atoms with Crippen molar-refractivity contribution in [3.05, 3.63) is 93.8 Å². The lowest BCUT2D eigenvalue weighted by Gasteiger charge is -2.32. The zero-order valence-corrected chi connectivity index (χ0v) is 42.3. The lowest BCUT2D eigenvalue weighted by Crippen LogP contribution is -2.46. The van der Waals surface area contributed by atoms with Crippen molar-refractivity contribution in [1.82, 2.24) is 20.2 Å². The molecule has 3 aromatic carbocycles. The molecule has 5 rings (SSSR count). The van der Waals surface area contributed by atoms with Crippen molar-refractivity contribution in [3.8, 4) is 40.5 Å². The first-order valence-corrected chi connectivity index (χ1v) is 25.0. The first-order chi connectivity index (χ1) is 34.2. The molecule has 1 aromatic heterocycles. The van der Waals surface area contributed by atoms with Crippen LogP contribution >= 0.6 is 0 Å². The van der Waals surface area contributed by atoms with Crippen LogP contribution < -0.4 is 36.7 Å². The third-order valence-electron chi connectivity index (χ3n) is 12.8. The zero-order chi connectivity index (χ0) is 51.6. The minimum absolute atomic E-state index is 0.0351. The van der Waals surface area contributed by atoms with E-state index in [0.29, 0.717) is 50.9 Å². The predicted octanol–water partition coefficient (Wildman–Crippen LogP) is 7.16. The van der Waals surface area contributed by atoms with Crippen LogP contribution in [0.4, 0.5) is 0 Å². The molecule has 16 heteroatoms. The van der Waals surface area contributed by atoms with Gasteiger partial charge in [-0.15, -0.1) is 0 Å². The first kappa shape index (κ1) is 55.4. The van der Waals surface area contributed by atoms with Gasteiger partial charge in [-0.25, -0.2) is 0 Å². The maximum atomic E-state index is 14.9. The van der Waals surface area contributed by atoms with Gasteiger partial charge in [0.05, 0.1) is 29.1 Å². The van der Waals surface area contributed by atoms with E-state index >= 15 is 0 Å². The molecule has 0 saturated heterocycles. The standard InChI is InChI=1S/C55H72N8O8/c1-7-9-12-38-16-18-42(31-39(38)13-10-8-2)71-55-60-35(4)51(36(5)61-55)47(65)33-41(21-23-57)54(68)63(6)52-40-17-20-50(70-27-25-59)44(32-40)43-29-37(15-19-49(43)69-26-24-58)30-45(46(64)14-11-22-56)62-53(67)34(3)28-48(52)66/h15-20,29,31-32,34,41,45,52H,7-14,21,23-28,30,33,57-59H2,1-6H3,(H,62,67)/t34-,41-,45+,52+/m1/s1. The van der Waals surface area contributed by atoms with Crippen molar-refractivity contribution < 1.29 is 38.2 Å². The Balaban J connectivity index is 1.52. The lowest BCUT2D eigenvalue weighted by atomic mass is 9.88. The molecule has 71 heavy (non-hydrogen) atoms. The van der Waals surface area contributed by atoms with Crippen LogP contribution in [0.1, 0.15) is 129 Å². The topological polar surface area (TPSA) is 256 Å². The number of nitrogens with two attached hydrogens (primary N) is 3. The Labute approximate surface area is 418 Å². The number of aromatic nitrogens is 2. The van der Waals surface area contributed by atoms with Gasteiger partial charge >= 0.3 is 6.01 Å². The number of ketones is 3. The molecule has 4 bridgehead atoms. The maximum absolute atomic E-state index is 14.9. The first-order valence-electron chi connectivity index (χ1n) is 25.0. The molecule has 4 atom stereocenters. The minimum Gasteiger partial charge on any atom is -0.492 e. The molecular formula is C55H72N8O8. The lowest BCUT2D eigenvalue weighted by molar-refractivity contribution is -0.142. The Morgan fingerprint density at radius 3 is 2.10 bits per heavy atom. The number of nitrogens with one attached hydrogen (secondary N) is 1. The average Bonchev–Trinajstić information content (AvgIpc) is 3.34. The van der Waals surface area contributed by atoms with Crippen LogP contribution in [0.25, 0.3) is 11.1 Å². The largest absolute Gasteiger partial charge is 0.492 e. The number of Topliss-reactive ketones (excluding diaryl/α,β-unsaturated/α-hetero) is 3. The third kappa shape index (κ3) is 14.8. The SMILES string of the molecule is CCCCc1ccc(Oc2nc(C)c(C(=O)C[C@@H](CCN)C(=O)N(C)[C@@H]3C(=O)C[C@@H](C)C(=O)N[C@H](C(=O)CCC#N)Cc4ccc(OCCN)c(c4)-c4cc3ccc4OCCN)c(C)n2)cc1CCCC. The summed E-state index contributed by atoms with van der Waals surface area (Å²) in [5.41, 5.74) is 23.6. The van der Waals surface area contributed by atoms with E-state index in [0.717, 1.165) is 38.5 Å². The molecule has 1 aliphatic rings.